The van der Waals surface area contributed by atoms with E-state index in [1.807, 2.05) is 17.1 Å². The van der Waals surface area contributed by atoms with E-state index in [1.165, 1.54) is 0 Å². The Morgan fingerprint density at radius 2 is 2.00 bits per heavy atom. The van der Waals surface area contributed by atoms with Crippen molar-refractivity contribution in [1.82, 2.24) is 4.90 Å². The fourth-order valence-corrected chi connectivity index (χ4v) is 2.08. The summed E-state index contributed by atoms with van der Waals surface area (Å²) in [4.78, 5) is 14.2. The lowest BCUT2D eigenvalue weighted by Gasteiger charge is -2.25. The van der Waals surface area contributed by atoms with E-state index in [2.05, 4.69) is 0 Å². The van der Waals surface area contributed by atoms with Crippen LogP contribution in [0.25, 0.3) is 0 Å². The molecule has 1 aliphatic rings. The average molecular weight is 256 g/mol. The molecule has 18 heavy (non-hydrogen) atoms. The molecule has 0 spiro atoms. The van der Waals surface area contributed by atoms with Crippen LogP contribution in [-0.4, -0.2) is 57.4 Å². The second-order valence-electron chi connectivity index (χ2n) is 4.56. The van der Waals surface area contributed by atoms with Gasteiger partial charge in [-0.15, -0.1) is 0 Å². The number of rotatable bonds is 8. The zero-order chi connectivity index (χ0) is 13.4. The highest BCUT2D eigenvalue weighted by molar-refractivity contribution is 5.81. The van der Waals surface area contributed by atoms with Gasteiger partial charge in [-0.1, -0.05) is 12.2 Å². The minimum absolute atomic E-state index is 0.0159. The Hall–Kier alpha value is -0.910. The van der Waals surface area contributed by atoms with Gasteiger partial charge in [0.25, 0.3) is 0 Å². The molecule has 0 heterocycles. The van der Waals surface area contributed by atoms with Crippen molar-refractivity contribution in [2.45, 2.75) is 18.9 Å². The molecule has 0 saturated heterocycles. The first-order chi connectivity index (χ1) is 8.69. The summed E-state index contributed by atoms with van der Waals surface area (Å²) in [6.45, 7) is 2.55. The number of hydrogen-bond donors (Lipinski definition) is 1. The van der Waals surface area contributed by atoms with Crippen LogP contribution in [0.3, 0.4) is 0 Å². The summed E-state index contributed by atoms with van der Waals surface area (Å²) >= 11 is 0. The molecular formula is C13H24N2O3. The van der Waals surface area contributed by atoms with E-state index in [0.29, 0.717) is 32.7 Å². The van der Waals surface area contributed by atoms with Crippen LogP contribution in [0, 0.1) is 5.92 Å². The minimum Gasteiger partial charge on any atom is -0.385 e. The molecule has 1 amide bonds. The van der Waals surface area contributed by atoms with Crippen molar-refractivity contribution >= 4 is 5.91 Å². The normalized spacial score (nSPS) is 22.4. The van der Waals surface area contributed by atoms with Gasteiger partial charge in [0.15, 0.2) is 0 Å². The molecule has 2 unspecified atom stereocenters. The van der Waals surface area contributed by atoms with Crippen LogP contribution in [0.2, 0.25) is 0 Å². The van der Waals surface area contributed by atoms with Crippen molar-refractivity contribution in [2.24, 2.45) is 11.7 Å². The highest BCUT2D eigenvalue weighted by Gasteiger charge is 2.26. The highest BCUT2D eigenvalue weighted by atomic mass is 16.5. The number of nitrogens with two attached hydrogens (primary N) is 1. The predicted molar refractivity (Wildman–Crippen MR) is 70.2 cm³/mol. The Labute approximate surface area is 109 Å². The molecule has 5 nitrogen and oxygen atoms in total. The fourth-order valence-electron chi connectivity index (χ4n) is 2.08. The Morgan fingerprint density at radius 3 is 2.56 bits per heavy atom. The quantitative estimate of drug-likeness (QED) is 0.504. The first-order valence-electron chi connectivity index (χ1n) is 6.39. The molecule has 0 saturated carbocycles. The van der Waals surface area contributed by atoms with E-state index < -0.39 is 0 Å². The zero-order valence-corrected chi connectivity index (χ0v) is 11.3. The van der Waals surface area contributed by atoms with Gasteiger partial charge in [0, 0.05) is 40.0 Å². The molecule has 0 aliphatic heterocycles. The SMILES string of the molecule is COCCCN(CCOC)C(=O)C1C=CC(N)C1. The number of amides is 1. The molecule has 0 radical (unpaired) electrons. The second kappa shape index (κ2) is 8.24. The lowest BCUT2D eigenvalue weighted by Crippen LogP contribution is -2.39. The molecule has 5 heteroatoms. The number of carbonyl (C=O) groups is 1. The molecular weight excluding hydrogens is 232 g/mol. The van der Waals surface area contributed by atoms with E-state index in [0.717, 1.165) is 6.42 Å². The summed E-state index contributed by atoms with van der Waals surface area (Å²) in [7, 11) is 3.31. The van der Waals surface area contributed by atoms with Crippen LogP contribution < -0.4 is 5.73 Å². The summed E-state index contributed by atoms with van der Waals surface area (Å²) in [6, 6.07) is 0.0159. The summed E-state index contributed by atoms with van der Waals surface area (Å²) in [5, 5.41) is 0. The highest BCUT2D eigenvalue weighted by Crippen LogP contribution is 2.19. The average Bonchev–Trinajstić information content (AvgIpc) is 2.79. The third-order valence-electron chi connectivity index (χ3n) is 3.09. The molecule has 2 N–H and O–H groups in total. The Kier molecular flexibility index (Phi) is 6.93. The summed E-state index contributed by atoms with van der Waals surface area (Å²) in [5.41, 5.74) is 5.78. The number of nitrogens with zero attached hydrogens (tertiary/aromatic N) is 1. The van der Waals surface area contributed by atoms with Crippen molar-refractivity contribution < 1.29 is 14.3 Å². The monoisotopic (exact) mass is 256 g/mol. The van der Waals surface area contributed by atoms with E-state index in [-0.39, 0.29) is 17.9 Å². The van der Waals surface area contributed by atoms with E-state index in [4.69, 9.17) is 15.2 Å². The number of carbonyl (C=O) groups excluding carboxylic acids is 1. The van der Waals surface area contributed by atoms with Gasteiger partial charge in [0.1, 0.15) is 0 Å². The third-order valence-corrected chi connectivity index (χ3v) is 3.09. The van der Waals surface area contributed by atoms with Crippen LogP contribution in [-0.2, 0) is 14.3 Å². The molecule has 1 aliphatic carbocycles. The van der Waals surface area contributed by atoms with Crippen LogP contribution >= 0.6 is 0 Å². The molecule has 0 aromatic carbocycles. The molecule has 104 valence electrons. The first-order valence-corrected chi connectivity index (χ1v) is 6.39. The predicted octanol–water partition coefficient (Wildman–Crippen LogP) is 0.401. The van der Waals surface area contributed by atoms with Crippen LogP contribution in [0.4, 0.5) is 0 Å². The number of methoxy groups -OCH3 is 2. The molecule has 0 aromatic heterocycles. The number of hydrogen-bond acceptors (Lipinski definition) is 4. The van der Waals surface area contributed by atoms with Gasteiger partial charge in [-0.2, -0.15) is 0 Å². The van der Waals surface area contributed by atoms with E-state index >= 15 is 0 Å². The maximum atomic E-state index is 12.3. The van der Waals surface area contributed by atoms with Gasteiger partial charge < -0.3 is 20.1 Å². The topological polar surface area (TPSA) is 64.8 Å². The molecule has 0 bridgehead atoms. The summed E-state index contributed by atoms with van der Waals surface area (Å²) in [5.74, 6) is 0.0757. The van der Waals surface area contributed by atoms with Crippen molar-refractivity contribution in [3.8, 4) is 0 Å². The van der Waals surface area contributed by atoms with Gasteiger partial charge in [0.2, 0.25) is 5.91 Å². The van der Waals surface area contributed by atoms with Crippen molar-refractivity contribution in [1.29, 1.82) is 0 Å². The maximum absolute atomic E-state index is 12.3. The van der Waals surface area contributed by atoms with Gasteiger partial charge in [0.05, 0.1) is 12.5 Å². The van der Waals surface area contributed by atoms with Crippen LogP contribution in [0.5, 0.6) is 0 Å². The third kappa shape index (κ3) is 4.76. The number of ether oxygens (including phenoxy) is 2. The largest absolute Gasteiger partial charge is 0.385 e. The van der Waals surface area contributed by atoms with Gasteiger partial charge in [-0.05, 0) is 12.8 Å². The van der Waals surface area contributed by atoms with Crippen LogP contribution in [0.1, 0.15) is 12.8 Å². The lowest BCUT2D eigenvalue weighted by molar-refractivity contribution is -0.134. The molecule has 0 aromatic rings. The van der Waals surface area contributed by atoms with Crippen molar-refractivity contribution in [2.75, 3.05) is 40.5 Å². The minimum atomic E-state index is -0.0700. The van der Waals surface area contributed by atoms with Gasteiger partial charge in [-0.3, -0.25) is 4.79 Å². The van der Waals surface area contributed by atoms with Crippen molar-refractivity contribution in [3.05, 3.63) is 12.2 Å². The first kappa shape index (κ1) is 15.1. The smallest absolute Gasteiger partial charge is 0.229 e. The van der Waals surface area contributed by atoms with Crippen molar-refractivity contribution in [3.63, 3.8) is 0 Å². The summed E-state index contributed by atoms with van der Waals surface area (Å²) < 4.78 is 10.1. The second-order valence-corrected chi connectivity index (χ2v) is 4.56. The van der Waals surface area contributed by atoms with Gasteiger partial charge >= 0.3 is 0 Å². The maximum Gasteiger partial charge on any atom is 0.229 e. The zero-order valence-electron chi connectivity index (χ0n) is 11.3. The molecule has 2 atom stereocenters. The molecule has 1 rings (SSSR count). The Bertz CT molecular complexity index is 281. The van der Waals surface area contributed by atoms with Crippen LogP contribution in [0.15, 0.2) is 12.2 Å². The van der Waals surface area contributed by atoms with E-state index in [1.54, 1.807) is 14.2 Å². The standard InChI is InChI=1S/C13H24N2O3/c1-17-8-3-6-15(7-9-18-2)13(16)11-4-5-12(14)10-11/h4-5,11-12H,3,6-10,14H2,1-2H3. The Balaban J connectivity index is 2.46. The van der Waals surface area contributed by atoms with Gasteiger partial charge in [-0.25, -0.2) is 0 Å². The Morgan fingerprint density at radius 1 is 1.28 bits per heavy atom. The summed E-state index contributed by atoms with van der Waals surface area (Å²) in [6.07, 6.45) is 5.39. The van der Waals surface area contributed by atoms with E-state index in [9.17, 15) is 4.79 Å². The molecule has 0 fully saturated rings. The fraction of sp³-hybridized carbons (Fsp3) is 0.769. The lowest BCUT2D eigenvalue weighted by atomic mass is 10.1.